The maximum absolute atomic E-state index is 11.6. The largest absolute Gasteiger partial charge is 0.422 e. The van der Waals surface area contributed by atoms with Crippen LogP contribution >= 0.6 is 23.2 Å². The third-order valence-corrected chi connectivity index (χ3v) is 3.07. The number of hydrogen-bond donors (Lipinski definition) is 0. The van der Waals surface area contributed by atoms with Crippen molar-refractivity contribution in [2.45, 2.75) is 0 Å². The summed E-state index contributed by atoms with van der Waals surface area (Å²) in [6.07, 6.45) is 1.89. The van der Waals surface area contributed by atoms with Gasteiger partial charge in [-0.2, -0.15) is 0 Å². The Morgan fingerprint density at radius 2 is 1.09 bits per heavy atom. The van der Waals surface area contributed by atoms with Crippen molar-refractivity contribution in [3.63, 3.8) is 0 Å². The van der Waals surface area contributed by atoms with E-state index in [1.165, 1.54) is 12.1 Å². The van der Waals surface area contributed by atoms with Crippen LogP contribution in [-0.2, 0) is 9.59 Å². The molecule has 112 valence electrons. The minimum absolute atomic E-state index is 0.207. The summed E-state index contributed by atoms with van der Waals surface area (Å²) in [4.78, 5) is 23.2. The molecular formula is C16H10Cl2O4. The summed E-state index contributed by atoms with van der Waals surface area (Å²) in [5.41, 5.74) is 0. The van der Waals surface area contributed by atoms with Crippen LogP contribution in [0.1, 0.15) is 0 Å². The molecule has 0 atom stereocenters. The summed E-state index contributed by atoms with van der Waals surface area (Å²) in [6.45, 7) is 0. The van der Waals surface area contributed by atoms with Crippen molar-refractivity contribution in [1.82, 2.24) is 0 Å². The summed E-state index contributed by atoms with van der Waals surface area (Å²) in [5.74, 6) is -1.08. The van der Waals surface area contributed by atoms with Gasteiger partial charge in [-0.05, 0) is 24.3 Å². The second-order valence-electron chi connectivity index (χ2n) is 4.04. The number of para-hydroxylation sites is 2. The van der Waals surface area contributed by atoms with Crippen molar-refractivity contribution in [2.75, 3.05) is 0 Å². The fourth-order valence-electron chi connectivity index (χ4n) is 1.48. The molecule has 0 saturated carbocycles. The summed E-state index contributed by atoms with van der Waals surface area (Å²) in [6, 6.07) is 13.0. The zero-order valence-corrected chi connectivity index (χ0v) is 12.7. The quantitative estimate of drug-likeness (QED) is 0.480. The van der Waals surface area contributed by atoms with Crippen molar-refractivity contribution >= 4 is 35.1 Å². The molecule has 6 heteroatoms. The highest BCUT2D eigenvalue weighted by Gasteiger charge is 2.07. The molecular weight excluding hydrogens is 327 g/mol. The van der Waals surface area contributed by atoms with Crippen LogP contribution in [-0.4, -0.2) is 11.9 Å². The lowest BCUT2D eigenvalue weighted by molar-refractivity contribution is -0.131. The second kappa shape index (κ2) is 7.64. The molecule has 0 aliphatic carbocycles. The summed E-state index contributed by atoms with van der Waals surface area (Å²) in [5, 5.41) is 0.589. The van der Waals surface area contributed by atoms with E-state index in [1.54, 1.807) is 36.4 Å². The second-order valence-corrected chi connectivity index (χ2v) is 4.85. The van der Waals surface area contributed by atoms with E-state index >= 15 is 0 Å². The first-order chi connectivity index (χ1) is 10.6. The minimum Gasteiger partial charge on any atom is -0.422 e. The SMILES string of the molecule is O=C(/C=C\C(=O)Oc1ccccc1Cl)Oc1ccccc1Cl. The smallest absolute Gasteiger partial charge is 0.336 e. The molecule has 2 rings (SSSR count). The number of carbonyl (C=O) groups is 2. The molecule has 0 aliphatic heterocycles. The van der Waals surface area contributed by atoms with E-state index in [1.807, 2.05) is 0 Å². The lowest BCUT2D eigenvalue weighted by atomic mass is 10.3. The van der Waals surface area contributed by atoms with Gasteiger partial charge in [0.25, 0.3) is 0 Å². The Morgan fingerprint density at radius 3 is 1.45 bits per heavy atom. The maximum Gasteiger partial charge on any atom is 0.336 e. The van der Waals surface area contributed by atoms with Crippen molar-refractivity contribution in [3.8, 4) is 11.5 Å². The number of hydrogen-bond acceptors (Lipinski definition) is 4. The minimum atomic E-state index is -0.746. The van der Waals surface area contributed by atoms with Crippen molar-refractivity contribution < 1.29 is 19.1 Å². The molecule has 0 N–H and O–H groups in total. The molecule has 0 heterocycles. The Bertz CT molecular complexity index is 664. The molecule has 22 heavy (non-hydrogen) atoms. The number of ether oxygens (including phenoxy) is 2. The molecule has 0 saturated heterocycles. The summed E-state index contributed by atoms with van der Waals surface area (Å²) in [7, 11) is 0. The highest BCUT2D eigenvalue weighted by atomic mass is 35.5. The molecule has 0 aliphatic rings. The first kappa shape index (κ1) is 16.1. The van der Waals surface area contributed by atoms with Crippen LogP contribution in [0.2, 0.25) is 10.0 Å². The Labute approximate surface area is 136 Å². The van der Waals surface area contributed by atoms with E-state index in [0.717, 1.165) is 12.2 Å². The average molecular weight is 337 g/mol. The van der Waals surface area contributed by atoms with Crippen molar-refractivity contribution in [2.24, 2.45) is 0 Å². The monoisotopic (exact) mass is 336 g/mol. The molecule has 0 amide bonds. The van der Waals surface area contributed by atoms with Gasteiger partial charge in [0.15, 0.2) is 0 Å². The lowest BCUT2D eigenvalue weighted by Gasteiger charge is -2.03. The average Bonchev–Trinajstić information content (AvgIpc) is 2.50. The summed E-state index contributed by atoms with van der Waals surface area (Å²) < 4.78 is 9.96. The lowest BCUT2D eigenvalue weighted by Crippen LogP contribution is -2.08. The molecule has 4 nitrogen and oxygen atoms in total. The van der Waals surface area contributed by atoms with E-state index in [2.05, 4.69) is 0 Å². The predicted octanol–water partition coefficient (Wildman–Crippen LogP) is 4.06. The molecule has 0 spiro atoms. The number of rotatable bonds is 4. The fourth-order valence-corrected chi connectivity index (χ4v) is 1.82. The molecule has 0 unspecified atom stereocenters. The van der Waals surface area contributed by atoms with Crippen LogP contribution in [0.3, 0.4) is 0 Å². The van der Waals surface area contributed by atoms with E-state index in [9.17, 15) is 9.59 Å². The third kappa shape index (κ3) is 4.62. The topological polar surface area (TPSA) is 52.6 Å². The van der Waals surface area contributed by atoms with Gasteiger partial charge in [-0.25, -0.2) is 9.59 Å². The van der Waals surface area contributed by atoms with Crippen LogP contribution in [0.25, 0.3) is 0 Å². The number of halogens is 2. The number of carbonyl (C=O) groups excluding carboxylic acids is 2. The van der Waals surface area contributed by atoms with E-state index in [4.69, 9.17) is 32.7 Å². The predicted molar refractivity (Wildman–Crippen MR) is 83.3 cm³/mol. The van der Waals surface area contributed by atoms with Gasteiger partial charge in [0.1, 0.15) is 11.5 Å². The zero-order valence-electron chi connectivity index (χ0n) is 11.2. The number of benzene rings is 2. The van der Waals surface area contributed by atoms with Crippen LogP contribution in [0.5, 0.6) is 11.5 Å². The van der Waals surface area contributed by atoms with Gasteiger partial charge < -0.3 is 9.47 Å². The fraction of sp³-hybridized carbons (Fsp3) is 0. The third-order valence-electron chi connectivity index (χ3n) is 2.45. The standard InChI is InChI=1S/C16H10Cl2O4/c17-11-5-1-3-7-13(11)21-15(19)9-10-16(20)22-14-8-4-2-6-12(14)18/h1-10H/b10-9-. The van der Waals surface area contributed by atoms with E-state index in [-0.39, 0.29) is 11.5 Å². The Kier molecular flexibility index (Phi) is 5.58. The Balaban J connectivity index is 1.94. The van der Waals surface area contributed by atoms with Gasteiger partial charge in [-0.1, -0.05) is 47.5 Å². The highest BCUT2D eigenvalue weighted by Crippen LogP contribution is 2.24. The van der Waals surface area contributed by atoms with Crippen molar-refractivity contribution in [1.29, 1.82) is 0 Å². The highest BCUT2D eigenvalue weighted by molar-refractivity contribution is 6.32. The number of esters is 2. The van der Waals surface area contributed by atoms with E-state index in [0.29, 0.717) is 10.0 Å². The first-order valence-electron chi connectivity index (χ1n) is 6.17. The van der Waals surface area contributed by atoms with Gasteiger partial charge in [0.05, 0.1) is 10.0 Å². The van der Waals surface area contributed by atoms with Gasteiger partial charge in [-0.3, -0.25) is 0 Å². The van der Waals surface area contributed by atoms with Crippen molar-refractivity contribution in [3.05, 3.63) is 70.7 Å². The first-order valence-corrected chi connectivity index (χ1v) is 6.92. The summed E-state index contributed by atoms with van der Waals surface area (Å²) >= 11 is 11.7. The molecule has 2 aromatic rings. The van der Waals surface area contributed by atoms with Crippen LogP contribution in [0, 0.1) is 0 Å². The normalized spacial score (nSPS) is 10.5. The van der Waals surface area contributed by atoms with Gasteiger partial charge in [-0.15, -0.1) is 0 Å². The van der Waals surface area contributed by atoms with Gasteiger partial charge in [0, 0.05) is 12.2 Å². The van der Waals surface area contributed by atoms with Gasteiger partial charge >= 0.3 is 11.9 Å². The Morgan fingerprint density at radius 1 is 0.727 bits per heavy atom. The van der Waals surface area contributed by atoms with Crippen LogP contribution < -0.4 is 9.47 Å². The maximum atomic E-state index is 11.6. The molecule has 0 radical (unpaired) electrons. The molecule has 0 aromatic heterocycles. The zero-order chi connectivity index (χ0) is 15.9. The molecule has 0 fully saturated rings. The Hall–Kier alpha value is -2.30. The van der Waals surface area contributed by atoms with Crippen LogP contribution in [0.4, 0.5) is 0 Å². The molecule has 0 bridgehead atoms. The van der Waals surface area contributed by atoms with Crippen LogP contribution in [0.15, 0.2) is 60.7 Å². The van der Waals surface area contributed by atoms with E-state index < -0.39 is 11.9 Å². The van der Waals surface area contributed by atoms with Gasteiger partial charge in [0.2, 0.25) is 0 Å². The molecule has 2 aromatic carbocycles.